The Bertz CT molecular complexity index is 623. The monoisotopic (exact) mass is 359 g/mol. The molecule has 0 radical (unpaired) electrons. The summed E-state index contributed by atoms with van der Waals surface area (Å²) >= 11 is 0. The minimum Gasteiger partial charge on any atom is -0.478 e. The van der Waals surface area contributed by atoms with Gasteiger partial charge in [-0.15, -0.1) is 0 Å². The molecule has 0 aliphatic carbocycles. The summed E-state index contributed by atoms with van der Waals surface area (Å²) in [4.78, 5) is 24.9. The van der Waals surface area contributed by atoms with E-state index in [2.05, 4.69) is 6.92 Å². The maximum Gasteiger partial charge on any atom is 0.335 e. The second-order valence-electron chi connectivity index (χ2n) is 6.91. The molecule has 0 saturated carbocycles. The lowest BCUT2D eigenvalue weighted by molar-refractivity contribution is -0.128. The molecule has 1 saturated heterocycles. The van der Waals surface area contributed by atoms with Gasteiger partial charge in [0.05, 0.1) is 17.7 Å². The van der Waals surface area contributed by atoms with Gasteiger partial charge in [0, 0.05) is 13.0 Å². The van der Waals surface area contributed by atoms with E-state index in [1.54, 1.807) is 24.3 Å². The van der Waals surface area contributed by atoms with Gasteiger partial charge in [0.1, 0.15) is 0 Å². The van der Waals surface area contributed by atoms with E-state index in [0.29, 0.717) is 25.8 Å². The average Bonchev–Trinajstić information content (AvgIpc) is 2.98. The predicted octanol–water partition coefficient (Wildman–Crippen LogP) is 3.42. The minimum atomic E-state index is -0.933. The van der Waals surface area contributed by atoms with Crippen LogP contribution in [0.1, 0.15) is 61.4 Å². The normalized spacial score (nSPS) is 18.6. The standard InChI is InChI=1S/C21H29NO4/c1-2-3-6-19(23)7-4-5-18-12-13-20(24)22(18)15-14-16-8-10-17(11-9-16)21(25)26/h4-5,8-11,18-19,23H,2-3,6-7,12-15H2,1H3,(H,25,26). The fourth-order valence-corrected chi connectivity index (χ4v) is 3.26. The molecule has 26 heavy (non-hydrogen) atoms. The van der Waals surface area contributed by atoms with Gasteiger partial charge in [-0.05, 0) is 43.4 Å². The van der Waals surface area contributed by atoms with Crippen LogP contribution in [0, 0.1) is 0 Å². The second kappa shape index (κ2) is 10.1. The summed E-state index contributed by atoms with van der Waals surface area (Å²) in [6.07, 6.45) is 9.40. The van der Waals surface area contributed by atoms with E-state index in [4.69, 9.17) is 5.11 Å². The Labute approximate surface area is 155 Å². The number of nitrogens with zero attached hydrogens (tertiary/aromatic N) is 1. The van der Waals surface area contributed by atoms with E-state index in [0.717, 1.165) is 31.2 Å². The third-order valence-corrected chi connectivity index (χ3v) is 4.87. The molecular formula is C21H29NO4. The maximum absolute atomic E-state index is 12.2. The van der Waals surface area contributed by atoms with Crippen LogP contribution in [0.5, 0.6) is 0 Å². The van der Waals surface area contributed by atoms with E-state index < -0.39 is 5.97 Å². The van der Waals surface area contributed by atoms with Crippen molar-refractivity contribution in [3.63, 3.8) is 0 Å². The number of likely N-dealkylation sites (tertiary alicyclic amines) is 1. The van der Waals surface area contributed by atoms with Crippen molar-refractivity contribution in [3.05, 3.63) is 47.5 Å². The number of aliphatic hydroxyl groups is 1. The number of hydrogen-bond donors (Lipinski definition) is 2. The van der Waals surface area contributed by atoms with E-state index in [1.807, 2.05) is 17.1 Å². The van der Waals surface area contributed by atoms with Crippen molar-refractivity contribution in [2.75, 3.05) is 6.54 Å². The van der Waals surface area contributed by atoms with Gasteiger partial charge in [-0.3, -0.25) is 4.79 Å². The molecule has 2 rings (SSSR count). The van der Waals surface area contributed by atoms with Crippen molar-refractivity contribution < 1.29 is 19.8 Å². The molecule has 1 aromatic rings. The van der Waals surface area contributed by atoms with Crippen LogP contribution in [-0.2, 0) is 11.2 Å². The number of aromatic carboxylic acids is 1. The quantitative estimate of drug-likeness (QED) is 0.628. The molecule has 142 valence electrons. The fraction of sp³-hybridized carbons (Fsp3) is 0.524. The predicted molar refractivity (Wildman–Crippen MR) is 101 cm³/mol. The smallest absolute Gasteiger partial charge is 0.335 e. The molecule has 1 aromatic carbocycles. The Morgan fingerprint density at radius 1 is 1.35 bits per heavy atom. The average molecular weight is 359 g/mol. The second-order valence-corrected chi connectivity index (χ2v) is 6.91. The van der Waals surface area contributed by atoms with E-state index in [9.17, 15) is 14.7 Å². The third kappa shape index (κ3) is 5.99. The summed E-state index contributed by atoms with van der Waals surface area (Å²) in [6.45, 7) is 2.73. The van der Waals surface area contributed by atoms with Gasteiger partial charge >= 0.3 is 5.97 Å². The zero-order chi connectivity index (χ0) is 18.9. The van der Waals surface area contributed by atoms with Crippen molar-refractivity contribution >= 4 is 11.9 Å². The Balaban J connectivity index is 1.85. The summed E-state index contributed by atoms with van der Waals surface area (Å²) in [5.74, 6) is -0.772. The number of carbonyl (C=O) groups is 2. The van der Waals surface area contributed by atoms with E-state index in [-0.39, 0.29) is 23.6 Å². The number of carboxylic acids is 1. The number of unbranched alkanes of at least 4 members (excludes halogenated alkanes) is 1. The summed E-state index contributed by atoms with van der Waals surface area (Å²) < 4.78 is 0. The van der Waals surface area contributed by atoms with Gasteiger partial charge < -0.3 is 15.1 Å². The first-order chi connectivity index (χ1) is 12.5. The van der Waals surface area contributed by atoms with Gasteiger partial charge in [-0.25, -0.2) is 4.79 Å². The molecular weight excluding hydrogens is 330 g/mol. The van der Waals surface area contributed by atoms with E-state index >= 15 is 0 Å². The number of amides is 1. The number of aliphatic hydroxyl groups excluding tert-OH is 1. The molecule has 1 amide bonds. The number of carbonyl (C=O) groups excluding carboxylic acids is 1. The fourth-order valence-electron chi connectivity index (χ4n) is 3.26. The molecule has 5 heteroatoms. The lowest BCUT2D eigenvalue weighted by Crippen LogP contribution is -2.33. The summed E-state index contributed by atoms with van der Waals surface area (Å²) in [6, 6.07) is 6.90. The number of hydrogen-bond acceptors (Lipinski definition) is 3. The van der Waals surface area contributed by atoms with Crippen LogP contribution in [0.15, 0.2) is 36.4 Å². The molecule has 2 atom stereocenters. The SMILES string of the molecule is CCCCC(O)CC=CC1CCC(=O)N1CCc1ccc(C(=O)O)cc1. The van der Waals surface area contributed by atoms with Crippen molar-refractivity contribution in [2.45, 2.75) is 64.0 Å². The highest BCUT2D eigenvalue weighted by atomic mass is 16.4. The van der Waals surface area contributed by atoms with Gasteiger partial charge in [0.2, 0.25) is 5.91 Å². The molecule has 1 aliphatic rings. The zero-order valence-corrected chi connectivity index (χ0v) is 15.4. The molecule has 1 heterocycles. The largest absolute Gasteiger partial charge is 0.478 e. The summed E-state index contributed by atoms with van der Waals surface area (Å²) in [5.41, 5.74) is 1.29. The molecule has 5 nitrogen and oxygen atoms in total. The van der Waals surface area contributed by atoms with Gasteiger partial charge in [0.25, 0.3) is 0 Å². The van der Waals surface area contributed by atoms with Crippen LogP contribution in [0.2, 0.25) is 0 Å². The highest BCUT2D eigenvalue weighted by Gasteiger charge is 2.28. The van der Waals surface area contributed by atoms with E-state index in [1.165, 1.54) is 0 Å². The first kappa shape index (κ1) is 20.2. The van der Waals surface area contributed by atoms with Gasteiger partial charge in [0.15, 0.2) is 0 Å². The molecule has 0 aromatic heterocycles. The lowest BCUT2D eigenvalue weighted by atomic mass is 10.1. The summed E-state index contributed by atoms with van der Waals surface area (Å²) in [5, 5.41) is 18.9. The zero-order valence-electron chi connectivity index (χ0n) is 15.4. The third-order valence-electron chi connectivity index (χ3n) is 4.87. The van der Waals surface area contributed by atoms with Crippen molar-refractivity contribution in [1.29, 1.82) is 0 Å². The van der Waals surface area contributed by atoms with Gasteiger partial charge in [-0.2, -0.15) is 0 Å². The van der Waals surface area contributed by atoms with Crippen molar-refractivity contribution in [1.82, 2.24) is 4.90 Å². The van der Waals surface area contributed by atoms with Crippen LogP contribution in [0.4, 0.5) is 0 Å². The number of benzene rings is 1. The Morgan fingerprint density at radius 3 is 2.73 bits per heavy atom. The van der Waals surface area contributed by atoms with Crippen molar-refractivity contribution in [2.24, 2.45) is 0 Å². The Kier molecular flexibility index (Phi) is 7.85. The molecule has 2 unspecified atom stereocenters. The Hall–Kier alpha value is -2.14. The first-order valence-electron chi connectivity index (χ1n) is 9.47. The number of carboxylic acid groups (broad SMARTS) is 1. The van der Waals surface area contributed by atoms with Crippen LogP contribution >= 0.6 is 0 Å². The first-order valence-corrected chi connectivity index (χ1v) is 9.47. The van der Waals surface area contributed by atoms with Crippen LogP contribution in [0.3, 0.4) is 0 Å². The molecule has 1 aliphatic heterocycles. The number of rotatable bonds is 10. The van der Waals surface area contributed by atoms with Gasteiger partial charge in [-0.1, -0.05) is 44.1 Å². The topological polar surface area (TPSA) is 77.8 Å². The molecule has 1 fully saturated rings. The minimum absolute atomic E-state index is 0.0965. The Morgan fingerprint density at radius 2 is 2.08 bits per heavy atom. The molecule has 0 bridgehead atoms. The lowest BCUT2D eigenvalue weighted by Gasteiger charge is -2.22. The van der Waals surface area contributed by atoms with Crippen LogP contribution < -0.4 is 0 Å². The summed E-state index contributed by atoms with van der Waals surface area (Å²) in [7, 11) is 0. The highest BCUT2D eigenvalue weighted by molar-refractivity contribution is 5.87. The van der Waals surface area contributed by atoms with Crippen molar-refractivity contribution in [3.8, 4) is 0 Å². The molecule has 0 spiro atoms. The molecule has 2 N–H and O–H groups in total. The van der Waals surface area contributed by atoms with Crippen LogP contribution in [-0.4, -0.2) is 45.7 Å². The van der Waals surface area contributed by atoms with Crippen LogP contribution in [0.25, 0.3) is 0 Å². The highest BCUT2D eigenvalue weighted by Crippen LogP contribution is 2.21. The maximum atomic E-state index is 12.2.